The average Bonchev–Trinajstić information content (AvgIpc) is 3.10. The molecule has 0 bridgehead atoms. The molecule has 0 aliphatic heterocycles. The Labute approximate surface area is 172 Å². The first kappa shape index (κ1) is 20.9. The molecule has 152 valence electrons. The molecule has 3 aromatic rings. The molecule has 0 atom stereocenters. The lowest BCUT2D eigenvalue weighted by atomic mass is 9.93. The van der Waals surface area contributed by atoms with E-state index in [1.165, 1.54) is 24.3 Å². The number of rotatable bonds is 7. The molecule has 0 spiro atoms. The molecule has 29 heavy (non-hydrogen) atoms. The molecule has 0 aliphatic rings. The lowest BCUT2D eigenvalue weighted by Crippen LogP contribution is -2.41. The lowest BCUT2D eigenvalue weighted by molar-refractivity contribution is -0.122. The normalized spacial score (nSPS) is 11.5. The average molecular weight is 420 g/mol. The van der Waals surface area contributed by atoms with Gasteiger partial charge in [0.2, 0.25) is 17.6 Å². The Morgan fingerprint density at radius 1 is 1.14 bits per heavy atom. The van der Waals surface area contributed by atoms with Gasteiger partial charge in [-0.15, -0.1) is 0 Å². The summed E-state index contributed by atoms with van der Waals surface area (Å²) in [5.74, 6) is -0.170. The zero-order valence-corrected chi connectivity index (χ0v) is 16.8. The number of aryl methyl sites for hydroxylation is 1. The van der Waals surface area contributed by atoms with Gasteiger partial charge in [-0.2, -0.15) is 4.98 Å². The molecule has 5 nitrogen and oxygen atoms in total. The van der Waals surface area contributed by atoms with Gasteiger partial charge in [-0.3, -0.25) is 4.79 Å². The van der Waals surface area contributed by atoms with Crippen molar-refractivity contribution >= 4 is 17.5 Å². The van der Waals surface area contributed by atoms with E-state index in [1.54, 1.807) is 32.0 Å². The van der Waals surface area contributed by atoms with Gasteiger partial charge in [-0.1, -0.05) is 22.8 Å². The van der Waals surface area contributed by atoms with Crippen molar-refractivity contribution in [2.75, 3.05) is 0 Å². The van der Waals surface area contributed by atoms with Crippen LogP contribution in [0.5, 0.6) is 0 Å². The van der Waals surface area contributed by atoms with Gasteiger partial charge in [0.05, 0.1) is 5.54 Å². The van der Waals surface area contributed by atoms with Gasteiger partial charge in [-0.25, -0.2) is 8.78 Å². The third-order valence-electron chi connectivity index (χ3n) is 4.42. The quantitative estimate of drug-likeness (QED) is 0.582. The second-order valence-corrected chi connectivity index (χ2v) is 7.58. The predicted molar refractivity (Wildman–Crippen MR) is 105 cm³/mol. The van der Waals surface area contributed by atoms with E-state index in [2.05, 4.69) is 15.5 Å². The minimum Gasteiger partial charge on any atom is -0.347 e. The second kappa shape index (κ2) is 8.69. The number of carbonyl (C=O) groups excluding carboxylic acids is 1. The van der Waals surface area contributed by atoms with Crippen molar-refractivity contribution in [3.63, 3.8) is 0 Å². The molecule has 3 rings (SSSR count). The van der Waals surface area contributed by atoms with Crippen molar-refractivity contribution in [2.45, 2.75) is 38.6 Å². The molecule has 2 aromatic carbocycles. The maximum atomic E-state index is 13.2. The van der Waals surface area contributed by atoms with Crippen LogP contribution in [0.2, 0.25) is 5.02 Å². The number of amides is 1. The zero-order valence-electron chi connectivity index (χ0n) is 16.0. The molecule has 0 fully saturated rings. The topological polar surface area (TPSA) is 68.0 Å². The SMILES string of the molecule is CC(C)(NC(=O)CCCc1nc(-c2ccc(F)cc2)no1)c1ccc(F)cc1Cl. The molecule has 8 heteroatoms. The second-order valence-electron chi connectivity index (χ2n) is 7.17. The number of nitrogens with one attached hydrogen (secondary N) is 1. The summed E-state index contributed by atoms with van der Waals surface area (Å²) >= 11 is 6.10. The maximum absolute atomic E-state index is 13.2. The van der Waals surface area contributed by atoms with Crippen LogP contribution in [0.1, 0.15) is 38.1 Å². The summed E-state index contributed by atoms with van der Waals surface area (Å²) in [6, 6.07) is 9.88. The van der Waals surface area contributed by atoms with E-state index in [-0.39, 0.29) is 23.2 Å². The standard InChI is InChI=1S/C21H20ClF2N3O2/c1-21(2,16-11-10-15(24)12-17(16)22)26-18(28)4-3-5-19-25-20(27-29-19)13-6-8-14(23)9-7-13/h6-12H,3-5H2,1-2H3,(H,26,28). The number of benzene rings is 2. The highest BCUT2D eigenvalue weighted by molar-refractivity contribution is 6.31. The fraction of sp³-hybridized carbons (Fsp3) is 0.286. The number of hydrogen-bond acceptors (Lipinski definition) is 4. The Balaban J connectivity index is 1.53. The van der Waals surface area contributed by atoms with Crippen molar-refractivity contribution in [3.05, 3.63) is 70.6 Å². The van der Waals surface area contributed by atoms with Gasteiger partial charge in [0.25, 0.3) is 0 Å². The van der Waals surface area contributed by atoms with Gasteiger partial charge in [0.15, 0.2) is 0 Å². The van der Waals surface area contributed by atoms with Crippen molar-refractivity contribution < 1.29 is 18.1 Å². The maximum Gasteiger partial charge on any atom is 0.226 e. The Morgan fingerprint density at radius 2 is 1.83 bits per heavy atom. The van der Waals surface area contributed by atoms with E-state index in [4.69, 9.17) is 16.1 Å². The van der Waals surface area contributed by atoms with Gasteiger partial charge >= 0.3 is 0 Å². The highest BCUT2D eigenvalue weighted by Gasteiger charge is 2.25. The number of carbonyl (C=O) groups is 1. The van der Waals surface area contributed by atoms with Crippen LogP contribution in [0.15, 0.2) is 47.0 Å². The molecule has 0 unspecified atom stereocenters. The highest BCUT2D eigenvalue weighted by Crippen LogP contribution is 2.28. The third-order valence-corrected chi connectivity index (χ3v) is 4.73. The Morgan fingerprint density at radius 3 is 2.52 bits per heavy atom. The smallest absolute Gasteiger partial charge is 0.226 e. The first-order valence-corrected chi connectivity index (χ1v) is 9.47. The fourth-order valence-corrected chi connectivity index (χ4v) is 3.35. The van der Waals surface area contributed by atoms with E-state index >= 15 is 0 Å². The Bertz CT molecular complexity index is 1000. The molecule has 0 saturated carbocycles. The van der Waals surface area contributed by atoms with Crippen molar-refractivity contribution in [1.29, 1.82) is 0 Å². The summed E-state index contributed by atoms with van der Waals surface area (Å²) in [6.45, 7) is 3.61. The minimum atomic E-state index is -0.748. The van der Waals surface area contributed by atoms with Crippen LogP contribution in [0, 0.1) is 11.6 Å². The fourth-order valence-electron chi connectivity index (χ4n) is 2.95. The van der Waals surface area contributed by atoms with E-state index in [9.17, 15) is 13.6 Å². The molecule has 1 heterocycles. The van der Waals surface area contributed by atoms with Crippen LogP contribution in [0.3, 0.4) is 0 Å². The molecule has 1 aromatic heterocycles. The molecule has 0 radical (unpaired) electrons. The summed E-state index contributed by atoms with van der Waals surface area (Å²) in [7, 11) is 0. The monoisotopic (exact) mass is 419 g/mol. The summed E-state index contributed by atoms with van der Waals surface area (Å²) in [6.07, 6.45) is 1.18. The molecular weight excluding hydrogens is 400 g/mol. The number of nitrogens with zero attached hydrogens (tertiary/aromatic N) is 2. The van der Waals surface area contributed by atoms with E-state index in [0.717, 1.165) is 0 Å². The summed E-state index contributed by atoms with van der Waals surface area (Å²) < 4.78 is 31.4. The largest absolute Gasteiger partial charge is 0.347 e. The van der Waals surface area contributed by atoms with Gasteiger partial charge in [0.1, 0.15) is 11.6 Å². The van der Waals surface area contributed by atoms with Gasteiger partial charge < -0.3 is 9.84 Å². The minimum absolute atomic E-state index is 0.173. The van der Waals surface area contributed by atoms with E-state index < -0.39 is 11.4 Å². The molecule has 0 saturated heterocycles. The zero-order chi connectivity index (χ0) is 21.0. The first-order valence-electron chi connectivity index (χ1n) is 9.10. The van der Waals surface area contributed by atoms with Crippen LogP contribution in [-0.2, 0) is 16.8 Å². The molecule has 1 amide bonds. The first-order chi connectivity index (χ1) is 13.7. The van der Waals surface area contributed by atoms with E-state index in [0.29, 0.717) is 35.7 Å². The number of aromatic nitrogens is 2. The van der Waals surface area contributed by atoms with Crippen LogP contribution < -0.4 is 5.32 Å². The van der Waals surface area contributed by atoms with Gasteiger partial charge in [-0.05, 0) is 62.2 Å². The van der Waals surface area contributed by atoms with Crippen LogP contribution >= 0.6 is 11.6 Å². The molecule has 0 aliphatic carbocycles. The van der Waals surface area contributed by atoms with Crippen LogP contribution in [-0.4, -0.2) is 16.0 Å². The van der Waals surface area contributed by atoms with Gasteiger partial charge in [0, 0.05) is 23.4 Å². The van der Waals surface area contributed by atoms with Crippen LogP contribution in [0.4, 0.5) is 8.78 Å². The van der Waals surface area contributed by atoms with Crippen molar-refractivity contribution in [1.82, 2.24) is 15.5 Å². The summed E-state index contributed by atoms with van der Waals surface area (Å²) in [4.78, 5) is 16.6. The number of halogens is 3. The van der Waals surface area contributed by atoms with Crippen LogP contribution in [0.25, 0.3) is 11.4 Å². The Hall–Kier alpha value is -2.80. The van der Waals surface area contributed by atoms with Crippen molar-refractivity contribution in [3.8, 4) is 11.4 Å². The molecular formula is C21H20ClF2N3O2. The Kier molecular flexibility index (Phi) is 6.27. The summed E-state index contributed by atoms with van der Waals surface area (Å²) in [5.41, 5.74) is 0.536. The van der Waals surface area contributed by atoms with Crippen molar-refractivity contribution in [2.24, 2.45) is 0 Å². The number of hydrogen-bond donors (Lipinski definition) is 1. The summed E-state index contributed by atoms with van der Waals surface area (Å²) in [5, 5.41) is 7.04. The van der Waals surface area contributed by atoms with E-state index in [1.807, 2.05) is 0 Å². The predicted octanol–water partition coefficient (Wildman–Crippen LogP) is 5.04. The molecule has 1 N–H and O–H groups in total. The third kappa shape index (κ3) is 5.38. The highest BCUT2D eigenvalue weighted by atomic mass is 35.5. The lowest BCUT2D eigenvalue weighted by Gasteiger charge is -2.28.